The fraction of sp³-hybridized carbons (Fsp3) is 0.133. The number of ether oxygens (including phenoxy) is 1. The van der Waals surface area contributed by atoms with Crippen LogP contribution in [0.1, 0.15) is 15.9 Å². The van der Waals surface area contributed by atoms with E-state index >= 15 is 0 Å². The molecule has 2 aromatic carbocycles. The highest BCUT2D eigenvalue weighted by Crippen LogP contribution is 2.25. The molecule has 0 saturated carbocycles. The molecule has 0 spiro atoms. The van der Waals surface area contributed by atoms with Crippen molar-refractivity contribution >= 4 is 34.2 Å². The van der Waals surface area contributed by atoms with Crippen molar-refractivity contribution in [3.63, 3.8) is 0 Å². The lowest BCUT2D eigenvalue weighted by Gasteiger charge is -2.11. The van der Waals surface area contributed by atoms with Gasteiger partial charge in [-0.15, -0.1) is 0 Å². The standard InChI is InChI=1S/C15H14INO2/c1-10-6-5-7-11(14(10)16)15(18)17-12-8-3-4-9-13(12)19-2/h3-9H,1-2H3,(H,17,18). The number of amides is 1. The Balaban J connectivity index is 2.28. The number of carbonyl (C=O) groups is 1. The van der Waals surface area contributed by atoms with Gasteiger partial charge in [0, 0.05) is 3.57 Å². The van der Waals surface area contributed by atoms with Gasteiger partial charge in [0.05, 0.1) is 18.4 Å². The number of carbonyl (C=O) groups excluding carboxylic acids is 1. The summed E-state index contributed by atoms with van der Waals surface area (Å²) in [6.45, 7) is 1.99. The lowest BCUT2D eigenvalue weighted by atomic mass is 10.1. The molecule has 0 aliphatic heterocycles. The second-order valence-electron chi connectivity index (χ2n) is 4.09. The number of aryl methyl sites for hydroxylation is 1. The molecular formula is C15H14INO2. The maximum absolute atomic E-state index is 12.3. The van der Waals surface area contributed by atoms with Crippen molar-refractivity contribution in [1.82, 2.24) is 0 Å². The van der Waals surface area contributed by atoms with Crippen molar-refractivity contribution in [2.75, 3.05) is 12.4 Å². The van der Waals surface area contributed by atoms with Crippen LogP contribution in [0.2, 0.25) is 0 Å². The third-order valence-electron chi connectivity index (χ3n) is 2.79. The molecule has 0 saturated heterocycles. The van der Waals surface area contributed by atoms with Crippen LogP contribution in [-0.4, -0.2) is 13.0 Å². The summed E-state index contributed by atoms with van der Waals surface area (Å²) in [5.41, 5.74) is 2.44. The molecule has 1 amide bonds. The van der Waals surface area contributed by atoms with Gasteiger partial charge in [-0.1, -0.05) is 24.3 Å². The van der Waals surface area contributed by atoms with Gasteiger partial charge in [-0.3, -0.25) is 4.79 Å². The van der Waals surface area contributed by atoms with Crippen LogP contribution in [0.3, 0.4) is 0 Å². The number of halogens is 1. The number of hydrogen-bond donors (Lipinski definition) is 1. The number of nitrogens with one attached hydrogen (secondary N) is 1. The van der Waals surface area contributed by atoms with Crippen LogP contribution in [0.25, 0.3) is 0 Å². The Hall–Kier alpha value is -1.56. The summed E-state index contributed by atoms with van der Waals surface area (Å²) < 4.78 is 6.18. The molecule has 4 heteroatoms. The van der Waals surface area contributed by atoms with E-state index in [9.17, 15) is 4.79 Å². The lowest BCUT2D eigenvalue weighted by molar-refractivity contribution is 0.102. The van der Waals surface area contributed by atoms with Crippen LogP contribution in [0.5, 0.6) is 5.75 Å². The normalized spacial score (nSPS) is 10.1. The summed E-state index contributed by atoms with van der Waals surface area (Å²) in [4.78, 5) is 12.3. The summed E-state index contributed by atoms with van der Waals surface area (Å²) in [6.07, 6.45) is 0. The van der Waals surface area contributed by atoms with Crippen molar-refractivity contribution in [2.45, 2.75) is 6.92 Å². The molecule has 0 radical (unpaired) electrons. The predicted octanol–water partition coefficient (Wildman–Crippen LogP) is 3.86. The zero-order valence-electron chi connectivity index (χ0n) is 10.7. The largest absolute Gasteiger partial charge is 0.495 e. The smallest absolute Gasteiger partial charge is 0.256 e. The number of para-hydroxylation sites is 2. The Morgan fingerprint density at radius 2 is 1.89 bits per heavy atom. The van der Waals surface area contributed by atoms with Gasteiger partial charge in [0.2, 0.25) is 0 Å². The van der Waals surface area contributed by atoms with Crippen LogP contribution >= 0.6 is 22.6 Å². The molecule has 0 atom stereocenters. The maximum atomic E-state index is 12.3. The van der Waals surface area contributed by atoms with Crippen molar-refractivity contribution in [3.8, 4) is 5.75 Å². The summed E-state index contributed by atoms with van der Waals surface area (Å²) in [7, 11) is 1.58. The first-order valence-electron chi connectivity index (χ1n) is 5.83. The highest BCUT2D eigenvalue weighted by Gasteiger charge is 2.13. The molecule has 1 N–H and O–H groups in total. The van der Waals surface area contributed by atoms with E-state index in [0.29, 0.717) is 17.0 Å². The number of anilines is 1. The molecule has 2 aromatic rings. The highest BCUT2D eigenvalue weighted by atomic mass is 127. The first-order chi connectivity index (χ1) is 9.13. The second kappa shape index (κ2) is 6.06. The maximum Gasteiger partial charge on any atom is 0.256 e. The Kier molecular flexibility index (Phi) is 4.42. The van der Waals surface area contributed by atoms with Gasteiger partial charge in [0.25, 0.3) is 5.91 Å². The Morgan fingerprint density at radius 1 is 1.16 bits per heavy atom. The second-order valence-corrected chi connectivity index (χ2v) is 5.17. The van der Waals surface area contributed by atoms with Gasteiger partial charge >= 0.3 is 0 Å². The minimum atomic E-state index is -0.127. The van der Waals surface area contributed by atoms with E-state index in [4.69, 9.17) is 4.74 Å². The topological polar surface area (TPSA) is 38.3 Å². The third-order valence-corrected chi connectivity index (χ3v) is 4.22. The Bertz CT molecular complexity index is 611. The van der Waals surface area contributed by atoms with Crippen LogP contribution in [0, 0.1) is 10.5 Å². The van der Waals surface area contributed by atoms with Gasteiger partial charge in [0.15, 0.2) is 0 Å². The third kappa shape index (κ3) is 3.07. The number of benzene rings is 2. The van der Waals surface area contributed by atoms with Crippen molar-refractivity contribution in [1.29, 1.82) is 0 Å². The highest BCUT2D eigenvalue weighted by molar-refractivity contribution is 14.1. The zero-order chi connectivity index (χ0) is 13.8. The molecule has 0 unspecified atom stereocenters. The molecule has 0 bridgehead atoms. The monoisotopic (exact) mass is 367 g/mol. The number of methoxy groups -OCH3 is 1. The molecule has 0 heterocycles. The van der Waals surface area contributed by atoms with E-state index in [1.807, 2.05) is 49.4 Å². The fourth-order valence-corrected chi connectivity index (χ4v) is 2.36. The Labute approximate surface area is 126 Å². The number of rotatable bonds is 3. The summed E-state index contributed by atoms with van der Waals surface area (Å²) >= 11 is 2.19. The fourth-order valence-electron chi connectivity index (χ4n) is 1.76. The minimum absolute atomic E-state index is 0.127. The van der Waals surface area contributed by atoms with E-state index in [1.165, 1.54) is 0 Å². The first kappa shape index (κ1) is 13.9. The van der Waals surface area contributed by atoms with Gasteiger partial charge in [-0.05, 0) is 53.3 Å². The van der Waals surface area contributed by atoms with Crippen molar-refractivity contribution < 1.29 is 9.53 Å². The van der Waals surface area contributed by atoms with E-state index in [1.54, 1.807) is 7.11 Å². The molecule has 2 rings (SSSR count). The Morgan fingerprint density at radius 3 is 2.63 bits per heavy atom. The molecule has 0 fully saturated rings. The molecule has 19 heavy (non-hydrogen) atoms. The van der Waals surface area contributed by atoms with Crippen LogP contribution in [-0.2, 0) is 0 Å². The summed E-state index contributed by atoms with van der Waals surface area (Å²) in [6, 6.07) is 13.1. The van der Waals surface area contributed by atoms with Crippen LogP contribution in [0.15, 0.2) is 42.5 Å². The van der Waals surface area contributed by atoms with E-state index in [-0.39, 0.29) is 5.91 Å². The lowest BCUT2D eigenvalue weighted by Crippen LogP contribution is -2.14. The SMILES string of the molecule is COc1ccccc1NC(=O)c1cccc(C)c1I. The first-order valence-corrected chi connectivity index (χ1v) is 6.91. The number of hydrogen-bond acceptors (Lipinski definition) is 2. The van der Waals surface area contributed by atoms with Gasteiger partial charge < -0.3 is 10.1 Å². The predicted molar refractivity (Wildman–Crippen MR) is 84.8 cm³/mol. The van der Waals surface area contributed by atoms with Crippen LogP contribution in [0.4, 0.5) is 5.69 Å². The van der Waals surface area contributed by atoms with E-state index in [2.05, 4.69) is 27.9 Å². The minimum Gasteiger partial charge on any atom is -0.495 e. The van der Waals surface area contributed by atoms with Crippen LogP contribution < -0.4 is 10.1 Å². The molecular weight excluding hydrogens is 353 g/mol. The summed E-state index contributed by atoms with van der Waals surface area (Å²) in [5, 5.41) is 2.88. The van der Waals surface area contributed by atoms with E-state index in [0.717, 1.165) is 9.13 Å². The van der Waals surface area contributed by atoms with Crippen molar-refractivity contribution in [3.05, 3.63) is 57.2 Å². The summed E-state index contributed by atoms with van der Waals surface area (Å²) in [5.74, 6) is 0.524. The quantitative estimate of drug-likeness (QED) is 0.837. The average molecular weight is 367 g/mol. The van der Waals surface area contributed by atoms with Gasteiger partial charge in [0.1, 0.15) is 5.75 Å². The molecule has 98 valence electrons. The molecule has 3 nitrogen and oxygen atoms in total. The van der Waals surface area contributed by atoms with Gasteiger partial charge in [-0.2, -0.15) is 0 Å². The van der Waals surface area contributed by atoms with Gasteiger partial charge in [-0.25, -0.2) is 0 Å². The zero-order valence-corrected chi connectivity index (χ0v) is 12.9. The average Bonchev–Trinajstić information content (AvgIpc) is 2.42. The molecule has 0 aromatic heterocycles. The molecule has 0 aliphatic rings. The van der Waals surface area contributed by atoms with Crippen molar-refractivity contribution in [2.24, 2.45) is 0 Å². The van der Waals surface area contributed by atoms with E-state index < -0.39 is 0 Å². The molecule has 0 aliphatic carbocycles.